The molecule has 68 heavy (non-hydrogen) atoms. The Morgan fingerprint density at radius 2 is 1.12 bits per heavy atom. The standard InChI is InChI=1S/C30H41N3O6.C24H33N3O2/c1-20(2)32(21(3)4)18-16-31-27(34)26-25-14-13-24(38-23-11-9-8-10-12-23)19-22(25)15-17-33(26)29(36)39-30(5,6)28(35)37-7;1-17(2)27(18(3)4)15-14-26-24(28)23-22-11-10-21(16-19(22)12-13-25-23)29-20-8-6-5-7-9-20/h8-14,19-21,26H,15-18H2,1-7H3,(H,31,34);5-11,16-18,23,25H,12-15H2,1-4H3,(H,26,28). The number of amides is 3. The largest absolute Gasteiger partial charge is 0.466 e. The summed E-state index contributed by atoms with van der Waals surface area (Å²) in [5.41, 5.74) is 2.31. The van der Waals surface area contributed by atoms with Crippen molar-refractivity contribution in [2.75, 3.05) is 46.4 Å². The molecule has 14 nitrogen and oxygen atoms in total. The molecule has 0 aliphatic carbocycles. The molecule has 14 heteroatoms. The molecule has 2 aliphatic heterocycles. The van der Waals surface area contributed by atoms with Crippen LogP contribution in [0.3, 0.4) is 0 Å². The highest BCUT2D eigenvalue weighted by molar-refractivity contribution is 5.89. The van der Waals surface area contributed by atoms with Crippen molar-refractivity contribution >= 4 is 23.9 Å². The number of methoxy groups -OCH3 is 1. The first-order chi connectivity index (χ1) is 32.4. The van der Waals surface area contributed by atoms with E-state index in [1.54, 1.807) is 6.07 Å². The van der Waals surface area contributed by atoms with Gasteiger partial charge in [-0.1, -0.05) is 48.5 Å². The second-order valence-electron chi connectivity index (χ2n) is 18.8. The first-order valence-electron chi connectivity index (χ1n) is 24.0. The Kier molecular flexibility index (Phi) is 19.4. The number of carbonyl (C=O) groups excluding carboxylic acids is 4. The maximum atomic E-state index is 13.6. The summed E-state index contributed by atoms with van der Waals surface area (Å²) in [6, 6.07) is 31.1. The maximum absolute atomic E-state index is 13.6. The average molecular weight is 935 g/mol. The molecule has 0 radical (unpaired) electrons. The number of nitrogens with zero attached hydrogens (tertiary/aromatic N) is 3. The number of fused-ring (bicyclic) bond motifs is 2. The third-order valence-electron chi connectivity index (χ3n) is 12.2. The van der Waals surface area contributed by atoms with E-state index in [9.17, 15) is 19.2 Å². The molecule has 0 aromatic heterocycles. The molecule has 3 N–H and O–H groups in total. The monoisotopic (exact) mass is 935 g/mol. The van der Waals surface area contributed by atoms with Crippen LogP contribution in [0.25, 0.3) is 0 Å². The number of ether oxygens (including phenoxy) is 4. The molecular weight excluding hydrogens is 861 g/mol. The van der Waals surface area contributed by atoms with Crippen LogP contribution in [0.5, 0.6) is 23.0 Å². The lowest BCUT2D eigenvalue weighted by molar-refractivity contribution is -0.160. The molecule has 0 saturated carbocycles. The molecule has 6 rings (SSSR count). The molecule has 3 amide bonds. The van der Waals surface area contributed by atoms with Crippen molar-refractivity contribution in [2.24, 2.45) is 0 Å². The van der Waals surface area contributed by atoms with Crippen molar-refractivity contribution in [3.8, 4) is 23.0 Å². The van der Waals surface area contributed by atoms with Crippen LogP contribution >= 0.6 is 0 Å². The predicted octanol–water partition coefficient (Wildman–Crippen LogP) is 8.60. The van der Waals surface area contributed by atoms with Gasteiger partial charge in [0, 0.05) is 63.4 Å². The van der Waals surface area contributed by atoms with E-state index in [1.807, 2.05) is 84.9 Å². The molecule has 368 valence electrons. The van der Waals surface area contributed by atoms with Crippen LogP contribution in [0.4, 0.5) is 4.79 Å². The van der Waals surface area contributed by atoms with Gasteiger partial charge in [0.25, 0.3) is 0 Å². The smallest absolute Gasteiger partial charge is 0.411 e. The maximum Gasteiger partial charge on any atom is 0.411 e. The lowest BCUT2D eigenvalue weighted by atomic mass is 9.92. The number of hydrogen-bond acceptors (Lipinski definition) is 11. The number of carbonyl (C=O) groups is 4. The summed E-state index contributed by atoms with van der Waals surface area (Å²) >= 11 is 0. The van der Waals surface area contributed by atoms with Crippen LogP contribution in [-0.4, -0.2) is 115 Å². The highest BCUT2D eigenvalue weighted by Gasteiger charge is 2.41. The number of esters is 1. The summed E-state index contributed by atoms with van der Waals surface area (Å²) in [6.45, 7) is 23.8. The minimum absolute atomic E-state index is 0.0372. The second-order valence-corrected chi connectivity index (χ2v) is 18.8. The summed E-state index contributed by atoms with van der Waals surface area (Å²) in [4.78, 5) is 58.0. The number of hydrogen-bond donors (Lipinski definition) is 3. The van der Waals surface area contributed by atoms with Gasteiger partial charge in [0.2, 0.25) is 17.4 Å². The molecular formula is C54H74N6O8. The molecule has 0 fully saturated rings. The van der Waals surface area contributed by atoms with E-state index in [1.165, 1.54) is 31.4 Å². The van der Waals surface area contributed by atoms with E-state index >= 15 is 0 Å². The van der Waals surface area contributed by atoms with Crippen LogP contribution < -0.4 is 25.4 Å². The van der Waals surface area contributed by atoms with Crippen LogP contribution in [0.2, 0.25) is 0 Å². The van der Waals surface area contributed by atoms with Gasteiger partial charge in [-0.05, 0) is 153 Å². The van der Waals surface area contributed by atoms with Crippen LogP contribution in [0.1, 0.15) is 104 Å². The number of rotatable bonds is 18. The van der Waals surface area contributed by atoms with Gasteiger partial charge in [0.1, 0.15) is 35.1 Å². The number of nitrogens with one attached hydrogen (secondary N) is 3. The molecule has 0 spiro atoms. The normalized spacial score (nSPS) is 15.6. The highest BCUT2D eigenvalue weighted by atomic mass is 16.6. The first kappa shape index (κ1) is 53.0. The Morgan fingerprint density at radius 1 is 0.647 bits per heavy atom. The lowest BCUT2D eigenvalue weighted by Crippen LogP contribution is -2.51. The van der Waals surface area contributed by atoms with Crippen LogP contribution in [0, 0.1) is 0 Å². The zero-order chi connectivity index (χ0) is 49.5. The van der Waals surface area contributed by atoms with Gasteiger partial charge in [0.05, 0.1) is 7.11 Å². The molecule has 2 heterocycles. The molecule has 0 bridgehead atoms. The zero-order valence-electron chi connectivity index (χ0n) is 42.0. The Balaban J connectivity index is 0.000000265. The van der Waals surface area contributed by atoms with E-state index in [0.29, 0.717) is 67.3 Å². The lowest BCUT2D eigenvalue weighted by Gasteiger charge is -2.37. The molecule has 2 aliphatic rings. The minimum Gasteiger partial charge on any atom is -0.466 e. The van der Waals surface area contributed by atoms with Gasteiger partial charge in [0.15, 0.2) is 0 Å². The Labute approximate surface area is 404 Å². The van der Waals surface area contributed by atoms with Gasteiger partial charge < -0.3 is 34.9 Å². The average Bonchev–Trinajstić information content (AvgIpc) is 3.30. The third-order valence-corrected chi connectivity index (χ3v) is 12.2. The third kappa shape index (κ3) is 14.5. The molecule has 4 aromatic rings. The fraction of sp³-hybridized carbons (Fsp3) is 0.481. The first-order valence-corrected chi connectivity index (χ1v) is 24.0. The molecule has 4 aromatic carbocycles. The van der Waals surface area contributed by atoms with E-state index < -0.39 is 23.7 Å². The van der Waals surface area contributed by atoms with Crippen LogP contribution in [-0.2, 0) is 36.7 Å². The Hall–Kier alpha value is -5.96. The molecule has 2 unspecified atom stereocenters. The van der Waals surface area contributed by atoms with Gasteiger partial charge in [-0.15, -0.1) is 0 Å². The van der Waals surface area contributed by atoms with E-state index in [-0.39, 0.29) is 24.4 Å². The SMILES string of the molecule is CC(C)N(CCNC(=O)C1NCCc2cc(Oc3ccccc3)ccc21)C(C)C.COC(=O)C(C)(C)OC(=O)N1CCc2cc(Oc3ccccc3)ccc2C1C(=O)NCCN(C(C)C)C(C)C. The van der Waals surface area contributed by atoms with Gasteiger partial charge in [-0.25, -0.2) is 9.59 Å². The van der Waals surface area contributed by atoms with Crippen molar-refractivity contribution in [2.45, 2.75) is 124 Å². The number of para-hydroxylation sites is 2. The van der Waals surface area contributed by atoms with E-state index in [2.05, 4.69) is 87.2 Å². The summed E-state index contributed by atoms with van der Waals surface area (Å²) in [5.74, 6) is 2.02. The van der Waals surface area contributed by atoms with Crippen molar-refractivity contribution in [1.29, 1.82) is 0 Å². The Morgan fingerprint density at radius 3 is 1.60 bits per heavy atom. The van der Waals surface area contributed by atoms with Crippen molar-refractivity contribution < 1.29 is 38.1 Å². The Bertz CT molecular complexity index is 2250. The summed E-state index contributed by atoms with van der Waals surface area (Å²) in [5, 5.41) is 9.49. The summed E-state index contributed by atoms with van der Waals surface area (Å²) < 4.78 is 22.3. The molecule has 2 atom stereocenters. The summed E-state index contributed by atoms with van der Waals surface area (Å²) in [6.07, 6.45) is 0.624. The highest BCUT2D eigenvalue weighted by Crippen LogP contribution is 2.35. The van der Waals surface area contributed by atoms with Gasteiger partial charge in [-0.2, -0.15) is 0 Å². The fourth-order valence-corrected chi connectivity index (χ4v) is 8.84. The summed E-state index contributed by atoms with van der Waals surface area (Å²) in [7, 11) is 1.23. The molecule has 0 saturated heterocycles. The zero-order valence-corrected chi connectivity index (χ0v) is 42.0. The fourth-order valence-electron chi connectivity index (χ4n) is 8.84. The quantitative estimate of drug-likeness (QED) is 0.0824. The van der Waals surface area contributed by atoms with Crippen LogP contribution in [0.15, 0.2) is 97.1 Å². The number of benzene rings is 4. The van der Waals surface area contributed by atoms with E-state index in [4.69, 9.17) is 18.9 Å². The van der Waals surface area contributed by atoms with Gasteiger partial charge >= 0.3 is 12.1 Å². The van der Waals surface area contributed by atoms with Gasteiger partial charge in [-0.3, -0.25) is 24.3 Å². The predicted molar refractivity (Wildman–Crippen MR) is 266 cm³/mol. The van der Waals surface area contributed by atoms with Crippen molar-refractivity contribution in [1.82, 2.24) is 30.7 Å². The van der Waals surface area contributed by atoms with E-state index in [0.717, 1.165) is 42.1 Å². The van der Waals surface area contributed by atoms with Crippen molar-refractivity contribution in [3.05, 3.63) is 119 Å². The topological polar surface area (TPSA) is 151 Å². The minimum atomic E-state index is -1.50. The van der Waals surface area contributed by atoms with Crippen molar-refractivity contribution in [3.63, 3.8) is 0 Å². The second kappa shape index (κ2) is 24.9.